The molecule has 0 unspecified atom stereocenters. The normalized spacial score (nSPS) is 14.1. The maximum absolute atomic E-state index is 12.4. The Morgan fingerprint density at radius 2 is 1.69 bits per heavy atom. The summed E-state index contributed by atoms with van der Waals surface area (Å²) in [7, 11) is 0. The third kappa shape index (κ3) is 2.28. The van der Waals surface area contributed by atoms with E-state index in [0.717, 1.165) is 74.3 Å². The highest BCUT2D eigenvalue weighted by molar-refractivity contribution is 9.10. The van der Waals surface area contributed by atoms with Crippen molar-refractivity contribution in [1.82, 2.24) is 0 Å². The molecule has 0 N–H and O–H groups in total. The fourth-order valence-electron chi connectivity index (χ4n) is 4.11. The number of fused-ring (bicyclic) bond motifs is 4. The van der Waals surface area contributed by atoms with E-state index in [9.17, 15) is 4.79 Å². The van der Waals surface area contributed by atoms with Crippen LogP contribution < -0.4 is 5.63 Å². The van der Waals surface area contributed by atoms with Crippen LogP contribution >= 0.6 is 15.9 Å². The Hall–Kier alpha value is -2.33. The van der Waals surface area contributed by atoms with E-state index in [1.807, 2.05) is 19.1 Å². The molecular weight excluding hydrogens is 392 g/mol. The lowest BCUT2D eigenvalue weighted by atomic mass is 9.89. The molecule has 2 aromatic carbocycles. The average Bonchev–Trinajstić information content (AvgIpc) is 3.08. The van der Waals surface area contributed by atoms with Gasteiger partial charge in [-0.15, -0.1) is 0 Å². The zero-order chi connectivity index (χ0) is 17.8. The molecular formula is C22H17BrO3. The first-order valence-electron chi connectivity index (χ1n) is 8.89. The van der Waals surface area contributed by atoms with Gasteiger partial charge in [-0.1, -0.05) is 28.1 Å². The highest BCUT2D eigenvalue weighted by atomic mass is 79.9. The summed E-state index contributed by atoms with van der Waals surface area (Å²) in [4.78, 5) is 12.4. The van der Waals surface area contributed by atoms with Crippen LogP contribution in [0.2, 0.25) is 0 Å². The molecule has 3 nitrogen and oxygen atoms in total. The molecule has 1 aliphatic rings. The third-order valence-electron chi connectivity index (χ3n) is 5.43. The Kier molecular flexibility index (Phi) is 3.57. The molecule has 1 aliphatic carbocycles. The topological polar surface area (TPSA) is 43.4 Å². The van der Waals surface area contributed by atoms with Gasteiger partial charge in [0.05, 0.1) is 6.26 Å². The van der Waals surface area contributed by atoms with Crippen molar-refractivity contribution in [2.45, 2.75) is 32.6 Å². The molecule has 4 heteroatoms. The Balaban J connectivity index is 1.87. The summed E-state index contributed by atoms with van der Waals surface area (Å²) in [5.74, 6) is 0. The summed E-state index contributed by atoms with van der Waals surface area (Å²) >= 11 is 3.49. The van der Waals surface area contributed by atoms with E-state index < -0.39 is 0 Å². The van der Waals surface area contributed by atoms with Crippen LogP contribution in [0, 0.1) is 6.92 Å². The molecule has 0 aliphatic heterocycles. The average molecular weight is 409 g/mol. The van der Waals surface area contributed by atoms with E-state index in [-0.39, 0.29) is 5.63 Å². The molecule has 0 amide bonds. The molecule has 0 radical (unpaired) electrons. The Morgan fingerprint density at radius 3 is 2.46 bits per heavy atom. The molecule has 2 heterocycles. The lowest BCUT2D eigenvalue weighted by molar-refractivity contribution is 0.530. The highest BCUT2D eigenvalue weighted by Crippen LogP contribution is 2.38. The largest absolute Gasteiger partial charge is 0.463 e. The summed E-state index contributed by atoms with van der Waals surface area (Å²) in [6, 6.07) is 10.4. The number of halogens is 1. The molecule has 130 valence electrons. The van der Waals surface area contributed by atoms with Crippen molar-refractivity contribution in [2.75, 3.05) is 0 Å². The standard InChI is InChI=1S/C22H17BrO3/c1-12-20-18(19(11-25-20)13-6-8-14(23)9-7-13)10-17-15-4-2-3-5-16(15)22(24)26-21(12)17/h6-11H,2-5H2,1H3. The molecule has 0 saturated heterocycles. The Labute approximate surface area is 158 Å². The zero-order valence-corrected chi connectivity index (χ0v) is 16.0. The molecule has 0 fully saturated rings. The predicted octanol–water partition coefficient (Wildman–Crippen LogP) is 6.16. The van der Waals surface area contributed by atoms with E-state index in [1.165, 1.54) is 0 Å². The fraction of sp³-hybridized carbons (Fsp3) is 0.227. The van der Waals surface area contributed by atoms with Crippen LogP contribution in [0.25, 0.3) is 33.1 Å². The van der Waals surface area contributed by atoms with Gasteiger partial charge in [-0.05, 0) is 61.9 Å². The Morgan fingerprint density at radius 1 is 0.962 bits per heavy atom. The van der Waals surface area contributed by atoms with Crippen molar-refractivity contribution in [3.63, 3.8) is 0 Å². The molecule has 0 atom stereocenters. The van der Waals surface area contributed by atoms with Crippen LogP contribution in [0.3, 0.4) is 0 Å². The summed E-state index contributed by atoms with van der Waals surface area (Å²) in [6.45, 7) is 1.97. The number of hydrogen-bond acceptors (Lipinski definition) is 3. The van der Waals surface area contributed by atoms with Gasteiger partial charge in [0.2, 0.25) is 0 Å². The van der Waals surface area contributed by atoms with Crippen LogP contribution in [0.5, 0.6) is 0 Å². The summed E-state index contributed by atoms with van der Waals surface area (Å²) in [5.41, 5.74) is 6.35. The number of furan rings is 1. The Bertz CT molecular complexity index is 1210. The van der Waals surface area contributed by atoms with Gasteiger partial charge >= 0.3 is 5.63 Å². The lowest BCUT2D eigenvalue weighted by Gasteiger charge is -2.17. The molecule has 0 saturated carbocycles. The van der Waals surface area contributed by atoms with Crippen LogP contribution in [-0.2, 0) is 12.8 Å². The highest BCUT2D eigenvalue weighted by Gasteiger charge is 2.22. The zero-order valence-electron chi connectivity index (χ0n) is 14.4. The minimum absolute atomic E-state index is 0.186. The van der Waals surface area contributed by atoms with Gasteiger partial charge in [0.25, 0.3) is 0 Å². The number of benzene rings is 2. The van der Waals surface area contributed by atoms with E-state index in [0.29, 0.717) is 5.58 Å². The fourth-order valence-corrected chi connectivity index (χ4v) is 4.37. The van der Waals surface area contributed by atoms with E-state index in [4.69, 9.17) is 8.83 Å². The van der Waals surface area contributed by atoms with E-state index >= 15 is 0 Å². The van der Waals surface area contributed by atoms with Gasteiger partial charge < -0.3 is 8.83 Å². The van der Waals surface area contributed by atoms with Crippen molar-refractivity contribution >= 4 is 37.9 Å². The molecule has 26 heavy (non-hydrogen) atoms. The quantitative estimate of drug-likeness (QED) is 0.354. The summed E-state index contributed by atoms with van der Waals surface area (Å²) in [5, 5.41) is 2.13. The minimum atomic E-state index is -0.186. The minimum Gasteiger partial charge on any atom is -0.463 e. The smallest absolute Gasteiger partial charge is 0.339 e. The first-order chi connectivity index (χ1) is 12.6. The first kappa shape index (κ1) is 15.9. The van der Waals surface area contributed by atoms with Gasteiger partial charge in [0.1, 0.15) is 11.2 Å². The molecule has 4 aromatic rings. The van der Waals surface area contributed by atoms with Gasteiger partial charge in [-0.25, -0.2) is 4.79 Å². The van der Waals surface area contributed by atoms with Gasteiger partial charge in [0.15, 0.2) is 0 Å². The molecule has 0 spiro atoms. The first-order valence-corrected chi connectivity index (χ1v) is 9.68. The van der Waals surface area contributed by atoms with Crippen LogP contribution in [-0.4, -0.2) is 0 Å². The van der Waals surface area contributed by atoms with Crippen molar-refractivity contribution in [2.24, 2.45) is 0 Å². The number of hydrogen-bond donors (Lipinski definition) is 0. The van der Waals surface area contributed by atoms with Crippen molar-refractivity contribution in [3.05, 3.63) is 68.2 Å². The third-order valence-corrected chi connectivity index (χ3v) is 5.96. The van der Waals surface area contributed by atoms with Crippen molar-refractivity contribution in [1.29, 1.82) is 0 Å². The van der Waals surface area contributed by atoms with Crippen LogP contribution in [0.4, 0.5) is 0 Å². The molecule has 2 aromatic heterocycles. The SMILES string of the molecule is Cc1c2occ(-c3ccc(Br)cc3)c2cc2c3c(c(=O)oc12)CCCC3. The predicted molar refractivity (Wildman–Crippen MR) is 107 cm³/mol. The molecule has 5 rings (SSSR count). The summed E-state index contributed by atoms with van der Waals surface area (Å²) in [6.07, 6.45) is 5.72. The second-order valence-corrected chi connectivity index (χ2v) is 7.88. The van der Waals surface area contributed by atoms with Crippen molar-refractivity contribution in [3.8, 4) is 11.1 Å². The lowest BCUT2D eigenvalue weighted by Crippen LogP contribution is -2.16. The number of rotatable bonds is 1. The van der Waals surface area contributed by atoms with Gasteiger partial charge in [0, 0.05) is 31.9 Å². The van der Waals surface area contributed by atoms with E-state index in [1.54, 1.807) is 6.26 Å². The second kappa shape index (κ2) is 5.85. The maximum atomic E-state index is 12.4. The van der Waals surface area contributed by atoms with Crippen LogP contribution in [0.15, 0.2) is 54.7 Å². The summed E-state index contributed by atoms with van der Waals surface area (Å²) < 4.78 is 12.6. The number of aryl methyl sites for hydroxylation is 2. The maximum Gasteiger partial charge on any atom is 0.339 e. The van der Waals surface area contributed by atoms with Crippen molar-refractivity contribution < 1.29 is 8.83 Å². The monoisotopic (exact) mass is 408 g/mol. The van der Waals surface area contributed by atoms with Gasteiger partial charge in [-0.3, -0.25) is 0 Å². The van der Waals surface area contributed by atoms with Gasteiger partial charge in [-0.2, -0.15) is 0 Å². The second-order valence-electron chi connectivity index (χ2n) is 6.96. The van der Waals surface area contributed by atoms with E-state index in [2.05, 4.69) is 34.1 Å². The molecule has 0 bridgehead atoms. The van der Waals surface area contributed by atoms with Crippen LogP contribution in [0.1, 0.15) is 29.5 Å².